The largest absolute Gasteiger partial charge is 0.348 e. The van der Waals surface area contributed by atoms with Crippen LogP contribution in [0.2, 0.25) is 0 Å². The molecule has 18 heavy (non-hydrogen) atoms. The number of hydrogen-bond donors (Lipinski definition) is 2. The molecule has 98 valence electrons. The lowest BCUT2D eigenvalue weighted by atomic mass is 10.2. The van der Waals surface area contributed by atoms with Crippen LogP contribution in [0, 0.1) is 6.92 Å². The van der Waals surface area contributed by atoms with Crippen molar-refractivity contribution >= 4 is 11.3 Å². The van der Waals surface area contributed by atoms with E-state index in [0.29, 0.717) is 6.04 Å². The topological polar surface area (TPSA) is 44.0 Å². The summed E-state index contributed by atoms with van der Waals surface area (Å²) < 4.78 is 0. The Kier molecular flexibility index (Phi) is 4.52. The van der Waals surface area contributed by atoms with E-state index in [1.807, 2.05) is 6.92 Å². The second-order valence-corrected chi connectivity index (χ2v) is 5.58. The second-order valence-electron chi connectivity index (χ2n) is 4.60. The molecule has 0 spiro atoms. The normalized spacial score (nSPS) is 13.1. The molecule has 0 amide bonds. The van der Waals surface area contributed by atoms with Crippen LogP contribution in [0.5, 0.6) is 0 Å². The van der Waals surface area contributed by atoms with Gasteiger partial charge in [-0.1, -0.05) is 6.07 Å². The van der Waals surface area contributed by atoms with Crippen LogP contribution in [-0.4, -0.2) is 35.5 Å². The highest BCUT2D eigenvalue weighted by Crippen LogP contribution is 2.22. The number of nitrogens with zero attached hydrogens (tertiary/aromatic N) is 2. The maximum absolute atomic E-state index is 4.29. The van der Waals surface area contributed by atoms with Crippen LogP contribution in [0.1, 0.15) is 22.3 Å². The fourth-order valence-corrected chi connectivity index (χ4v) is 2.83. The van der Waals surface area contributed by atoms with Crippen LogP contribution in [0.15, 0.2) is 23.8 Å². The number of rotatable bonds is 6. The molecule has 0 fully saturated rings. The first kappa shape index (κ1) is 13.3. The van der Waals surface area contributed by atoms with E-state index >= 15 is 0 Å². The van der Waals surface area contributed by atoms with Crippen molar-refractivity contribution in [3.05, 3.63) is 40.1 Å². The quantitative estimate of drug-likeness (QED) is 0.840. The third-order valence-electron chi connectivity index (χ3n) is 3.06. The van der Waals surface area contributed by atoms with E-state index in [-0.39, 0.29) is 0 Å². The highest BCUT2D eigenvalue weighted by atomic mass is 32.1. The molecule has 4 nitrogen and oxygen atoms in total. The average molecular weight is 264 g/mol. The second kappa shape index (κ2) is 6.13. The summed E-state index contributed by atoms with van der Waals surface area (Å²) in [4.78, 5) is 11.0. The number of likely N-dealkylation sites (N-methyl/N-ethyl adjacent to an activating group) is 1. The maximum Gasteiger partial charge on any atom is 0.0925 e. The van der Waals surface area contributed by atoms with Gasteiger partial charge in [0.1, 0.15) is 0 Å². The molecule has 0 saturated carbocycles. The van der Waals surface area contributed by atoms with Crippen LogP contribution < -0.4 is 5.32 Å². The van der Waals surface area contributed by atoms with Gasteiger partial charge in [0.15, 0.2) is 0 Å². The molecule has 0 radical (unpaired) electrons. The first-order valence-electron chi connectivity index (χ1n) is 6.08. The Morgan fingerprint density at radius 1 is 1.50 bits per heavy atom. The Morgan fingerprint density at radius 3 is 2.89 bits per heavy atom. The minimum Gasteiger partial charge on any atom is -0.348 e. The number of nitrogens with one attached hydrogen (secondary N) is 2. The predicted octanol–water partition coefficient (Wildman–Crippen LogP) is 2.17. The summed E-state index contributed by atoms with van der Waals surface area (Å²) in [7, 11) is 4.23. The van der Waals surface area contributed by atoms with Gasteiger partial charge in [-0.2, -0.15) is 0 Å². The van der Waals surface area contributed by atoms with Crippen molar-refractivity contribution in [3.8, 4) is 0 Å². The van der Waals surface area contributed by atoms with Crippen LogP contribution >= 0.6 is 11.3 Å². The summed E-state index contributed by atoms with van der Waals surface area (Å²) in [5, 5.41) is 5.61. The van der Waals surface area contributed by atoms with E-state index in [1.165, 1.54) is 4.88 Å². The molecule has 5 heteroatoms. The highest BCUT2D eigenvalue weighted by Gasteiger charge is 2.14. The molecule has 0 aromatic carbocycles. The zero-order chi connectivity index (χ0) is 13.0. The smallest absolute Gasteiger partial charge is 0.0925 e. The number of H-pyrrole nitrogens is 1. The van der Waals surface area contributed by atoms with Gasteiger partial charge in [0, 0.05) is 23.7 Å². The van der Waals surface area contributed by atoms with Crippen LogP contribution in [0.4, 0.5) is 0 Å². The van der Waals surface area contributed by atoms with Gasteiger partial charge < -0.3 is 15.2 Å². The molecule has 2 heterocycles. The van der Waals surface area contributed by atoms with Crippen molar-refractivity contribution in [1.29, 1.82) is 0 Å². The van der Waals surface area contributed by atoms with E-state index in [1.54, 1.807) is 17.7 Å². The van der Waals surface area contributed by atoms with E-state index in [9.17, 15) is 0 Å². The zero-order valence-electron chi connectivity index (χ0n) is 11.1. The number of aromatic nitrogens is 2. The van der Waals surface area contributed by atoms with Crippen LogP contribution in [0.25, 0.3) is 0 Å². The number of hydrogen-bond acceptors (Lipinski definition) is 4. The van der Waals surface area contributed by atoms with Gasteiger partial charge in [-0.15, -0.1) is 11.3 Å². The molecule has 0 aliphatic carbocycles. The Bertz CT molecular complexity index is 461. The van der Waals surface area contributed by atoms with Crippen molar-refractivity contribution in [2.75, 3.05) is 20.6 Å². The molecule has 2 N–H and O–H groups in total. The first-order valence-corrected chi connectivity index (χ1v) is 6.96. The van der Waals surface area contributed by atoms with E-state index in [2.05, 4.69) is 51.8 Å². The molecule has 2 aromatic rings. The minimum absolute atomic E-state index is 0.421. The molecule has 2 aromatic heterocycles. The average Bonchev–Trinajstić information content (AvgIpc) is 2.96. The van der Waals surface area contributed by atoms with E-state index in [4.69, 9.17) is 0 Å². The molecular weight excluding hydrogens is 244 g/mol. The third-order valence-corrected chi connectivity index (χ3v) is 4.03. The van der Waals surface area contributed by atoms with Gasteiger partial charge >= 0.3 is 0 Å². The lowest BCUT2D eigenvalue weighted by molar-refractivity contribution is 0.292. The predicted molar refractivity (Wildman–Crippen MR) is 75.8 cm³/mol. The van der Waals surface area contributed by atoms with E-state index in [0.717, 1.165) is 24.5 Å². The van der Waals surface area contributed by atoms with E-state index < -0.39 is 0 Å². The lowest BCUT2D eigenvalue weighted by Crippen LogP contribution is -2.30. The summed E-state index contributed by atoms with van der Waals surface area (Å²) in [5.41, 5.74) is 2.23. The Balaban J connectivity index is 1.89. The molecule has 0 bridgehead atoms. The van der Waals surface area contributed by atoms with Gasteiger partial charge in [-0.3, -0.25) is 0 Å². The number of aromatic amines is 1. The molecule has 1 unspecified atom stereocenters. The van der Waals surface area contributed by atoms with Gasteiger partial charge in [0.05, 0.1) is 18.1 Å². The Hall–Kier alpha value is -1.17. The molecule has 0 aliphatic heterocycles. The van der Waals surface area contributed by atoms with Crippen molar-refractivity contribution in [1.82, 2.24) is 20.2 Å². The lowest BCUT2D eigenvalue weighted by Gasteiger charge is -2.23. The monoisotopic (exact) mass is 264 g/mol. The number of thiophene rings is 1. The molecule has 2 rings (SSSR count). The van der Waals surface area contributed by atoms with Crippen molar-refractivity contribution < 1.29 is 0 Å². The summed E-state index contributed by atoms with van der Waals surface area (Å²) in [6, 6.07) is 4.72. The summed E-state index contributed by atoms with van der Waals surface area (Å²) >= 11 is 1.81. The Labute approximate surface area is 112 Å². The van der Waals surface area contributed by atoms with Gasteiger partial charge in [0.2, 0.25) is 0 Å². The first-order chi connectivity index (χ1) is 8.68. The third kappa shape index (κ3) is 3.19. The number of imidazole rings is 1. The van der Waals surface area contributed by atoms with Gasteiger partial charge in [-0.25, -0.2) is 4.98 Å². The highest BCUT2D eigenvalue weighted by molar-refractivity contribution is 7.10. The summed E-state index contributed by atoms with van der Waals surface area (Å²) in [6.07, 6.45) is 1.75. The number of aryl methyl sites for hydroxylation is 1. The van der Waals surface area contributed by atoms with Crippen molar-refractivity contribution in [2.45, 2.75) is 19.5 Å². The molecule has 1 atom stereocenters. The summed E-state index contributed by atoms with van der Waals surface area (Å²) in [6.45, 7) is 3.79. The van der Waals surface area contributed by atoms with Crippen LogP contribution in [-0.2, 0) is 6.54 Å². The molecular formula is C13H20N4S. The fourth-order valence-electron chi connectivity index (χ4n) is 1.91. The SMILES string of the molecule is Cc1[nH]cnc1CNCC(c1cccs1)N(C)C. The summed E-state index contributed by atoms with van der Waals surface area (Å²) in [5.74, 6) is 0. The molecule has 0 aliphatic rings. The van der Waals surface area contributed by atoms with Crippen molar-refractivity contribution in [2.24, 2.45) is 0 Å². The van der Waals surface area contributed by atoms with Gasteiger partial charge in [0.25, 0.3) is 0 Å². The maximum atomic E-state index is 4.29. The standard InChI is InChI=1S/C13H20N4S/c1-10-11(16-9-15-10)7-14-8-12(17(2)3)13-5-4-6-18-13/h4-6,9,12,14H,7-8H2,1-3H3,(H,15,16). The fraction of sp³-hybridized carbons (Fsp3) is 0.462. The Morgan fingerprint density at radius 2 is 2.33 bits per heavy atom. The minimum atomic E-state index is 0.421. The molecule has 0 saturated heterocycles. The van der Waals surface area contributed by atoms with Gasteiger partial charge in [-0.05, 0) is 32.5 Å². The van der Waals surface area contributed by atoms with Crippen molar-refractivity contribution in [3.63, 3.8) is 0 Å². The van der Waals surface area contributed by atoms with Crippen LogP contribution in [0.3, 0.4) is 0 Å². The zero-order valence-corrected chi connectivity index (χ0v) is 11.9.